The van der Waals surface area contributed by atoms with Gasteiger partial charge < -0.3 is 14.6 Å². The molecule has 0 saturated carbocycles. The summed E-state index contributed by atoms with van der Waals surface area (Å²) in [5.74, 6) is 0.719. The molecule has 1 fully saturated rings. The molecule has 3 nitrogen and oxygen atoms in total. The Morgan fingerprint density at radius 2 is 1.52 bits per heavy atom. The van der Waals surface area contributed by atoms with Crippen LogP contribution in [0.1, 0.15) is 12.8 Å². The van der Waals surface area contributed by atoms with E-state index < -0.39 is 0 Å². The number of hydrogen-bond acceptors (Lipinski definition) is 3. The Labute approximate surface area is 122 Å². The van der Waals surface area contributed by atoms with Gasteiger partial charge >= 0.3 is 0 Å². The number of phenolic OH excluding ortho intramolecular Hbond substituents is 1. The van der Waals surface area contributed by atoms with Gasteiger partial charge in [-0.3, -0.25) is 0 Å². The lowest BCUT2D eigenvalue weighted by Gasteiger charge is -2.18. The molecular weight excluding hydrogens is 264 g/mol. The summed E-state index contributed by atoms with van der Waals surface area (Å²) in [6, 6.07) is 15.8. The lowest BCUT2D eigenvalue weighted by Crippen LogP contribution is -2.14. The van der Waals surface area contributed by atoms with Gasteiger partial charge in [0.1, 0.15) is 0 Å². The van der Waals surface area contributed by atoms with E-state index in [1.54, 1.807) is 0 Å². The van der Waals surface area contributed by atoms with Crippen LogP contribution in [0.25, 0.3) is 21.5 Å². The van der Waals surface area contributed by atoms with Crippen LogP contribution in [0, 0.1) is 0 Å². The van der Waals surface area contributed by atoms with Crippen LogP contribution in [-0.4, -0.2) is 18.0 Å². The highest BCUT2D eigenvalue weighted by Gasteiger charge is 2.21. The van der Waals surface area contributed by atoms with Crippen LogP contribution >= 0.6 is 0 Å². The average Bonchev–Trinajstić information content (AvgIpc) is 3.04. The molecule has 1 atom stereocenters. The Morgan fingerprint density at radius 1 is 0.905 bits per heavy atom. The van der Waals surface area contributed by atoms with Crippen LogP contribution in [0.15, 0.2) is 48.5 Å². The zero-order valence-corrected chi connectivity index (χ0v) is 11.6. The smallest absolute Gasteiger partial charge is 0.200 e. The highest BCUT2D eigenvalue weighted by molar-refractivity contribution is 6.13. The maximum Gasteiger partial charge on any atom is 0.200 e. The van der Waals surface area contributed by atoms with Crippen LogP contribution in [0.3, 0.4) is 0 Å². The van der Waals surface area contributed by atoms with Crippen molar-refractivity contribution in [3.05, 3.63) is 48.5 Å². The molecule has 4 rings (SSSR count). The first kappa shape index (κ1) is 12.5. The number of benzene rings is 3. The monoisotopic (exact) mass is 280 g/mol. The maximum atomic E-state index is 10.6. The minimum Gasteiger partial charge on any atom is -0.504 e. The quantitative estimate of drug-likeness (QED) is 0.714. The molecule has 3 aromatic rings. The molecular formula is C18H16O3. The number of ether oxygens (including phenoxy) is 2. The fourth-order valence-corrected chi connectivity index (χ4v) is 2.98. The molecule has 0 aromatic heterocycles. The third kappa shape index (κ3) is 2.01. The summed E-state index contributed by atoms with van der Waals surface area (Å²) in [4.78, 5) is 0. The van der Waals surface area contributed by atoms with Gasteiger partial charge in [-0.25, -0.2) is 0 Å². The molecule has 106 valence electrons. The minimum atomic E-state index is -0.263. The van der Waals surface area contributed by atoms with Gasteiger partial charge in [-0.15, -0.1) is 0 Å². The van der Waals surface area contributed by atoms with Gasteiger partial charge in [0.15, 0.2) is 17.8 Å². The molecule has 1 aliphatic heterocycles. The number of hydrogen-bond donors (Lipinski definition) is 1. The highest BCUT2D eigenvalue weighted by atomic mass is 16.7. The van der Waals surface area contributed by atoms with Crippen LogP contribution in [0.5, 0.6) is 11.5 Å². The molecule has 0 radical (unpaired) electrons. The van der Waals surface area contributed by atoms with Crippen molar-refractivity contribution in [2.45, 2.75) is 19.1 Å². The summed E-state index contributed by atoms with van der Waals surface area (Å²) in [6.07, 6.45) is 1.60. The van der Waals surface area contributed by atoms with E-state index in [2.05, 4.69) is 6.07 Å². The summed E-state index contributed by atoms with van der Waals surface area (Å²) in [7, 11) is 0. The molecule has 1 saturated heterocycles. The van der Waals surface area contributed by atoms with E-state index in [0.717, 1.165) is 41.0 Å². The van der Waals surface area contributed by atoms with Crippen molar-refractivity contribution >= 4 is 21.5 Å². The number of phenols is 1. The van der Waals surface area contributed by atoms with E-state index in [1.807, 2.05) is 42.5 Å². The average molecular weight is 280 g/mol. The van der Waals surface area contributed by atoms with Gasteiger partial charge in [0.25, 0.3) is 0 Å². The van der Waals surface area contributed by atoms with Crippen molar-refractivity contribution in [1.29, 1.82) is 0 Å². The molecule has 0 spiro atoms. The molecule has 1 aliphatic rings. The van der Waals surface area contributed by atoms with Gasteiger partial charge in [-0.2, -0.15) is 0 Å². The molecule has 1 unspecified atom stereocenters. The third-order valence-electron chi connectivity index (χ3n) is 4.00. The zero-order chi connectivity index (χ0) is 14.2. The second-order valence-corrected chi connectivity index (χ2v) is 5.33. The first-order valence-electron chi connectivity index (χ1n) is 7.25. The Bertz CT molecular complexity index is 804. The van der Waals surface area contributed by atoms with E-state index in [1.165, 1.54) is 0 Å². The van der Waals surface area contributed by atoms with Crippen molar-refractivity contribution in [2.24, 2.45) is 0 Å². The zero-order valence-electron chi connectivity index (χ0n) is 11.6. The largest absolute Gasteiger partial charge is 0.504 e. The second-order valence-electron chi connectivity index (χ2n) is 5.33. The van der Waals surface area contributed by atoms with E-state index in [0.29, 0.717) is 5.75 Å². The maximum absolute atomic E-state index is 10.6. The lowest BCUT2D eigenvalue weighted by molar-refractivity contribution is -0.0392. The van der Waals surface area contributed by atoms with Gasteiger partial charge in [0, 0.05) is 17.2 Å². The van der Waals surface area contributed by atoms with Crippen molar-refractivity contribution in [2.75, 3.05) is 6.61 Å². The Balaban J connectivity index is 1.99. The first-order chi connectivity index (χ1) is 10.3. The lowest BCUT2D eigenvalue weighted by atomic mass is 10.00. The molecule has 1 heterocycles. The van der Waals surface area contributed by atoms with Gasteiger partial charge in [-0.1, -0.05) is 48.5 Å². The van der Waals surface area contributed by atoms with Crippen molar-refractivity contribution in [3.8, 4) is 11.5 Å². The Hall–Kier alpha value is -2.26. The standard InChI is InChI=1S/C18H16O3/c19-17-14-8-3-1-6-12(14)13-7-2-4-9-15(13)18(17)21-16-10-5-11-20-16/h1-4,6-9,16,19H,5,10-11H2. The van der Waals surface area contributed by atoms with E-state index in [-0.39, 0.29) is 12.0 Å². The first-order valence-corrected chi connectivity index (χ1v) is 7.25. The van der Waals surface area contributed by atoms with Gasteiger partial charge in [0.05, 0.1) is 6.61 Å². The fraction of sp³-hybridized carbons (Fsp3) is 0.222. The Kier molecular flexibility index (Phi) is 2.93. The van der Waals surface area contributed by atoms with Crippen molar-refractivity contribution in [1.82, 2.24) is 0 Å². The van der Waals surface area contributed by atoms with Gasteiger partial charge in [-0.05, 0) is 17.2 Å². The molecule has 3 aromatic carbocycles. The van der Waals surface area contributed by atoms with Crippen molar-refractivity contribution < 1.29 is 14.6 Å². The van der Waals surface area contributed by atoms with Crippen LogP contribution < -0.4 is 4.74 Å². The topological polar surface area (TPSA) is 38.7 Å². The number of aromatic hydroxyl groups is 1. The molecule has 0 aliphatic carbocycles. The van der Waals surface area contributed by atoms with E-state index in [9.17, 15) is 5.11 Å². The number of fused-ring (bicyclic) bond motifs is 3. The third-order valence-corrected chi connectivity index (χ3v) is 4.00. The van der Waals surface area contributed by atoms with E-state index in [4.69, 9.17) is 9.47 Å². The number of rotatable bonds is 2. The molecule has 21 heavy (non-hydrogen) atoms. The summed E-state index contributed by atoms with van der Waals surface area (Å²) in [6.45, 7) is 0.719. The van der Waals surface area contributed by atoms with Crippen LogP contribution in [0.4, 0.5) is 0 Å². The SMILES string of the molecule is Oc1c(OC2CCCO2)c2ccccc2c2ccccc12. The predicted molar refractivity (Wildman–Crippen MR) is 82.7 cm³/mol. The predicted octanol–water partition coefficient (Wildman–Crippen LogP) is 4.21. The highest BCUT2D eigenvalue weighted by Crippen LogP contribution is 2.43. The minimum absolute atomic E-state index is 0.194. The second kappa shape index (κ2) is 4.93. The summed E-state index contributed by atoms with van der Waals surface area (Å²) < 4.78 is 11.5. The van der Waals surface area contributed by atoms with Gasteiger partial charge in [0.2, 0.25) is 0 Å². The normalized spacial score (nSPS) is 18.4. The molecule has 0 bridgehead atoms. The summed E-state index contributed by atoms with van der Waals surface area (Å²) >= 11 is 0. The van der Waals surface area contributed by atoms with E-state index >= 15 is 0 Å². The van der Waals surface area contributed by atoms with Crippen molar-refractivity contribution in [3.63, 3.8) is 0 Å². The molecule has 1 N–H and O–H groups in total. The van der Waals surface area contributed by atoms with Crippen LogP contribution in [-0.2, 0) is 4.74 Å². The molecule has 0 amide bonds. The summed E-state index contributed by atoms with van der Waals surface area (Å²) in [5, 5.41) is 14.5. The fourth-order valence-electron chi connectivity index (χ4n) is 2.98. The summed E-state index contributed by atoms with van der Waals surface area (Å²) in [5.41, 5.74) is 0. The molecule has 3 heteroatoms. The van der Waals surface area contributed by atoms with Crippen LogP contribution in [0.2, 0.25) is 0 Å². The Morgan fingerprint density at radius 3 is 2.19 bits per heavy atom.